The molecular weight excluding hydrogens is 244 g/mol. The van der Waals surface area contributed by atoms with Gasteiger partial charge < -0.3 is 4.90 Å². The van der Waals surface area contributed by atoms with Crippen molar-refractivity contribution in [3.63, 3.8) is 0 Å². The Morgan fingerprint density at radius 2 is 2.17 bits per heavy atom. The van der Waals surface area contributed by atoms with Gasteiger partial charge in [0.15, 0.2) is 0 Å². The Hall–Kier alpha value is -1.02. The molecule has 1 aromatic rings. The second-order valence-corrected chi connectivity index (χ2v) is 6.64. The molecule has 2 rings (SSSR count). The minimum atomic E-state index is 0.287. The lowest BCUT2D eigenvalue weighted by Gasteiger charge is -2.34. The molecule has 18 heavy (non-hydrogen) atoms. The number of hydrogen-bond donors (Lipinski definition) is 0. The summed E-state index contributed by atoms with van der Waals surface area (Å²) in [6.07, 6.45) is 3.96. The van der Waals surface area contributed by atoms with Gasteiger partial charge in [0.05, 0.1) is 0 Å². The van der Waals surface area contributed by atoms with Gasteiger partial charge in [0.2, 0.25) is 0 Å². The van der Waals surface area contributed by atoms with E-state index >= 15 is 0 Å². The Bertz CT molecular complexity index is 460. The van der Waals surface area contributed by atoms with Gasteiger partial charge >= 0.3 is 0 Å². The van der Waals surface area contributed by atoms with Crippen molar-refractivity contribution in [2.24, 2.45) is 5.41 Å². The minimum absolute atomic E-state index is 0.287. The highest BCUT2D eigenvalue weighted by atomic mass is 35.5. The predicted octanol–water partition coefficient (Wildman–Crippen LogP) is 4.04. The molecule has 0 unspecified atom stereocenters. The Kier molecular flexibility index (Phi) is 3.67. The molecule has 1 aliphatic heterocycles. The van der Waals surface area contributed by atoms with Crippen LogP contribution in [0.4, 0.5) is 0 Å². The quantitative estimate of drug-likeness (QED) is 0.750. The fourth-order valence-electron chi connectivity index (χ4n) is 2.41. The summed E-state index contributed by atoms with van der Waals surface area (Å²) in [5.41, 5.74) is 4.12. The molecule has 98 valence electrons. The number of aromatic nitrogens is 1. The molecule has 1 aliphatic rings. The first kappa shape index (κ1) is 13.4. The molecule has 0 spiro atoms. The Balaban J connectivity index is 2.08. The van der Waals surface area contributed by atoms with E-state index in [2.05, 4.69) is 37.2 Å². The maximum Gasteiger partial charge on any atom is 0.129 e. The molecule has 0 saturated carbocycles. The highest BCUT2D eigenvalue weighted by molar-refractivity contribution is 6.29. The van der Waals surface area contributed by atoms with Gasteiger partial charge in [-0.05, 0) is 35.4 Å². The van der Waals surface area contributed by atoms with Crippen molar-refractivity contribution in [1.82, 2.24) is 9.88 Å². The van der Waals surface area contributed by atoms with E-state index in [1.807, 2.05) is 12.3 Å². The van der Waals surface area contributed by atoms with Crippen molar-refractivity contribution in [3.05, 3.63) is 40.8 Å². The van der Waals surface area contributed by atoms with Crippen LogP contribution in [0.15, 0.2) is 24.5 Å². The normalized spacial score (nSPS) is 15.4. The second kappa shape index (κ2) is 4.93. The number of fused-ring (bicyclic) bond motifs is 1. The molecule has 0 saturated heterocycles. The zero-order valence-corrected chi connectivity index (χ0v) is 12.2. The highest BCUT2D eigenvalue weighted by Gasteiger charge is 2.21. The van der Waals surface area contributed by atoms with Crippen LogP contribution in [0.2, 0.25) is 5.15 Å². The van der Waals surface area contributed by atoms with Gasteiger partial charge in [-0.2, -0.15) is 0 Å². The van der Waals surface area contributed by atoms with E-state index in [1.165, 1.54) is 16.8 Å². The van der Waals surface area contributed by atoms with E-state index in [0.29, 0.717) is 5.15 Å². The molecule has 0 aliphatic carbocycles. The molecule has 2 heterocycles. The number of nitrogens with zero attached hydrogens (tertiary/aromatic N) is 2. The van der Waals surface area contributed by atoms with Crippen molar-refractivity contribution in [1.29, 1.82) is 0 Å². The van der Waals surface area contributed by atoms with Gasteiger partial charge in [-0.25, -0.2) is 4.98 Å². The van der Waals surface area contributed by atoms with Gasteiger partial charge in [-0.15, -0.1) is 0 Å². The molecular formula is C15H21ClN2. The van der Waals surface area contributed by atoms with Crippen LogP contribution in [-0.2, 0) is 13.0 Å². The van der Waals surface area contributed by atoms with Crippen LogP contribution in [0.3, 0.4) is 0 Å². The fourth-order valence-corrected chi connectivity index (χ4v) is 2.59. The van der Waals surface area contributed by atoms with E-state index in [0.717, 1.165) is 25.9 Å². The minimum Gasteiger partial charge on any atom is -0.371 e. The van der Waals surface area contributed by atoms with E-state index in [9.17, 15) is 0 Å². The molecule has 0 fully saturated rings. The van der Waals surface area contributed by atoms with Gasteiger partial charge in [0.25, 0.3) is 0 Å². The number of hydrogen-bond acceptors (Lipinski definition) is 2. The lowest BCUT2D eigenvalue weighted by Crippen LogP contribution is -2.31. The van der Waals surface area contributed by atoms with Crippen LogP contribution in [0.5, 0.6) is 0 Å². The van der Waals surface area contributed by atoms with Gasteiger partial charge in [-0.3, -0.25) is 0 Å². The fraction of sp³-hybridized carbons (Fsp3) is 0.533. The predicted molar refractivity (Wildman–Crippen MR) is 76.6 cm³/mol. The maximum absolute atomic E-state index is 5.92. The zero-order chi connectivity index (χ0) is 13.3. The van der Waals surface area contributed by atoms with Crippen molar-refractivity contribution in [2.75, 3.05) is 6.54 Å². The number of rotatable bonds is 2. The Morgan fingerprint density at radius 1 is 1.44 bits per heavy atom. The van der Waals surface area contributed by atoms with Crippen LogP contribution >= 0.6 is 11.6 Å². The molecule has 0 amide bonds. The van der Waals surface area contributed by atoms with Gasteiger partial charge in [0.1, 0.15) is 5.15 Å². The maximum atomic E-state index is 5.92. The van der Waals surface area contributed by atoms with E-state index in [-0.39, 0.29) is 5.41 Å². The van der Waals surface area contributed by atoms with Crippen LogP contribution in [0.1, 0.15) is 38.3 Å². The first-order valence-electron chi connectivity index (χ1n) is 6.41. The summed E-state index contributed by atoms with van der Waals surface area (Å²) in [6.45, 7) is 12.9. The first-order chi connectivity index (χ1) is 8.35. The Labute approximate surface area is 115 Å². The standard InChI is InChI=1S/C15H21ClN2/c1-11(8-15(2,3)4)18-6-5-12-7-14(16)17-9-13(12)10-18/h7,9H,1,5-6,8,10H2,2-4H3. The second-order valence-electron chi connectivity index (χ2n) is 6.25. The average molecular weight is 265 g/mol. The lowest BCUT2D eigenvalue weighted by atomic mass is 9.89. The molecule has 0 radical (unpaired) electrons. The monoisotopic (exact) mass is 264 g/mol. The van der Waals surface area contributed by atoms with Crippen molar-refractivity contribution >= 4 is 11.6 Å². The zero-order valence-electron chi connectivity index (χ0n) is 11.5. The third-order valence-electron chi connectivity index (χ3n) is 3.24. The smallest absolute Gasteiger partial charge is 0.129 e. The highest BCUT2D eigenvalue weighted by Crippen LogP contribution is 2.29. The summed E-state index contributed by atoms with van der Waals surface area (Å²) in [4.78, 5) is 6.53. The SMILES string of the molecule is C=C(CC(C)(C)C)N1CCc2cc(Cl)ncc2C1. The molecule has 0 atom stereocenters. The summed E-state index contributed by atoms with van der Waals surface area (Å²) in [5, 5.41) is 0.593. The third kappa shape index (κ3) is 3.26. The molecule has 3 heteroatoms. The Morgan fingerprint density at radius 3 is 2.83 bits per heavy atom. The summed E-state index contributed by atoms with van der Waals surface area (Å²) in [6, 6.07) is 1.99. The average Bonchev–Trinajstić information content (AvgIpc) is 2.26. The molecule has 1 aromatic heterocycles. The van der Waals surface area contributed by atoms with E-state index < -0.39 is 0 Å². The van der Waals surface area contributed by atoms with Crippen LogP contribution < -0.4 is 0 Å². The summed E-state index contributed by atoms with van der Waals surface area (Å²) >= 11 is 5.92. The largest absolute Gasteiger partial charge is 0.371 e. The van der Waals surface area contributed by atoms with Gasteiger partial charge in [0, 0.05) is 25.0 Å². The molecule has 0 bridgehead atoms. The van der Waals surface area contributed by atoms with Crippen LogP contribution in [-0.4, -0.2) is 16.4 Å². The van der Waals surface area contributed by atoms with Gasteiger partial charge in [-0.1, -0.05) is 39.0 Å². The number of allylic oxidation sites excluding steroid dienone is 1. The summed E-state index contributed by atoms with van der Waals surface area (Å²) < 4.78 is 0. The topological polar surface area (TPSA) is 16.1 Å². The van der Waals surface area contributed by atoms with Crippen LogP contribution in [0.25, 0.3) is 0 Å². The van der Waals surface area contributed by atoms with Crippen LogP contribution in [0, 0.1) is 5.41 Å². The molecule has 2 nitrogen and oxygen atoms in total. The van der Waals surface area contributed by atoms with E-state index in [1.54, 1.807) is 0 Å². The molecule has 0 N–H and O–H groups in total. The van der Waals surface area contributed by atoms with Crippen molar-refractivity contribution in [3.8, 4) is 0 Å². The van der Waals surface area contributed by atoms with E-state index in [4.69, 9.17) is 11.6 Å². The number of pyridine rings is 1. The summed E-state index contributed by atoms with van der Waals surface area (Å²) in [7, 11) is 0. The van der Waals surface area contributed by atoms with Crippen molar-refractivity contribution in [2.45, 2.75) is 40.2 Å². The summed E-state index contributed by atoms with van der Waals surface area (Å²) in [5.74, 6) is 0. The van der Waals surface area contributed by atoms with Crippen molar-refractivity contribution < 1.29 is 0 Å². The third-order valence-corrected chi connectivity index (χ3v) is 3.45. The molecule has 0 aromatic carbocycles. The lowest BCUT2D eigenvalue weighted by molar-refractivity contribution is 0.274. The number of halogens is 1. The first-order valence-corrected chi connectivity index (χ1v) is 6.79.